The third-order valence-corrected chi connectivity index (χ3v) is 9.61. The first-order chi connectivity index (χ1) is 20.3. The number of alkyl halides is 2. The van der Waals surface area contributed by atoms with E-state index in [0.29, 0.717) is 18.9 Å². The van der Waals surface area contributed by atoms with Crippen LogP contribution in [0, 0.1) is 11.3 Å². The topological polar surface area (TPSA) is 99.7 Å². The van der Waals surface area contributed by atoms with Crippen LogP contribution in [0.2, 0.25) is 5.02 Å². The van der Waals surface area contributed by atoms with Gasteiger partial charge in [0.1, 0.15) is 17.1 Å². The Morgan fingerprint density at radius 3 is 2.53 bits per heavy atom. The van der Waals surface area contributed by atoms with Gasteiger partial charge in [0, 0.05) is 32.8 Å². The summed E-state index contributed by atoms with van der Waals surface area (Å²) in [5.74, 6) is -5.30. The van der Waals surface area contributed by atoms with E-state index >= 15 is 4.39 Å². The third-order valence-electron chi connectivity index (χ3n) is 9.27. The maximum atomic E-state index is 16.5. The van der Waals surface area contributed by atoms with Crippen LogP contribution < -0.4 is 16.0 Å². The Bertz CT molecular complexity index is 1370. The van der Waals surface area contributed by atoms with E-state index in [4.69, 9.17) is 27.9 Å². The molecule has 0 aromatic heterocycles. The Hall–Kier alpha value is -2.44. The Morgan fingerprint density at radius 2 is 1.95 bits per heavy atom. The van der Waals surface area contributed by atoms with Crippen LogP contribution in [-0.4, -0.2) is 66.7 Å². The Morgan fingerprint density at radius 1 is 1.26 bits per heavy atom. The lowest BCUT2D eigenvalue weighted by Crippen LogP contribution is -2.70. The van der Waals surface area contributed by atoms with Gasteiger partial charge in [-0.2, -0.15) is 0 Å². The molecule has 43 heavy (non-hydrogen) atoms. The molecule has 2 saturated heterocycles. The monoisotopic (exact) mass is 645 g/mol. The van der Waals surface area contributed by atoms with Crippen LogP contribution in [0.3, 0.4) is 0 Å². The maximum Gasteiger partial charge on any atom is 0.238 e. The molecule has 1 aromatic carbocycles. The number of amides is 2. The van der Waals surface area contributed by atoms with E-state index in [-0.39, 0.29) is 40.8 Å². The number of allylic oxidation sites excluding steroid dienone is 4. The molecule has 4 N–H and O–H groups in total. The van der Waals surface area contributed by atoms with Crippen molar-refractivity contribution < 1.29 is 37.0 Å². The summed E-state index contributed by atoms with van der Waals surface area (Å²) in [5, 5.41) is 18.6. The first-order valence-electron chi connectivity index (χ1n) is 14.0. The summed E-state index contributed by atoms with van der Waals surface area (Å²) in [4.78, 5) is 28.0. The quantitative estimate of drug-likeness (QED) is 0.233. The average Bonchev–Trinajstić information content (AvgIpc) is 3.39. The molecule has 3 fully saturated rings. The molecule has 13 heteroatoms. The summed E-state index contributed by atoms with van der Waals surface area (Å²) in [6.07, 6.45) is 0.664. The van der Waals surface area contributed by atoms with Crippen LogP contribution in [0.1, 0.15) is 38.2 Å². The number of nitrogens with one attached hydrogen (secondary N) is 3. The summed E-state index contributed by atoms with van der Waals surface area (Å²) < 4.78 is 65.4. The molecule has 1 aliphatic carbocycles. The standard InChI is InChI=1S/C30H33Cl2F4N3O4/c1-15(31)7-18(35)9-21(36)24-25(26(41)37-19-4-6-23(16(2)40)43-10-19)39-29(11-28(12-29,13-33)14-34)30(24)20-5-3-17(32)8-22(20)38-27(30)42/h3,5,7-9,16,19,23-25,39-40H,1,4,6,10-14H2,2H3,(H,37,41)(H,38,42)/b18-7+,21-9-/t16-,19-,23+,24+,25-,30-/m1/s1. The van der Waals surface area contributed by atoms with Crippen molar-refractivity contribution in [1.82, 2.24) is 10.6 Å². The van der Waals surface area contributed by atoms with Crippen LogP contribution >= 0.6 is 23.2 Å². The predicted molar refractivity (Wildman–Crippen MR) is 154 cm³/mol. The SMILES string of the molecule is C=C(Cl)/C=C(F)\C=C(/F)[C@H]1[C@H](C(=O)N[C@@H]2CC[C@@H]([C@@H](C)O)OC2)NC2(CC(CF)(CF)C2)[C@@]12C(=O)Nc1cc(Cl)ccc12. The van der Waals surface area contributed by atoms with Crippen LogP contribution in [0.25, 0.3) is 0 Å². The average molecular weight is 647 g/mol. The Labute approximate surface area is 256 Å². The van der Waals surface area contributed by atoms with E-state index in [1.165, 1.54) is 18.2 Å². The second kappa shape index (κ2) is 11.8. The third kappa shape index (κ3) is 5.31. The molecule has 0 radical (unpaired) electrons. The van der Waals surface area contributed by atoms with Gasteiger partial charge >= 0.3 is 0 Å². The lowest BCUT2D eigenvalue weighted by atomic mass is 9.46. The summed E-state index contributed by atoms with van der Waals surface area (Å²) in [6, 6.07) is 2.52. The molecule has 3 aliphatic heterocycles. The molecule has 2 amide bonds. The molecule has 2 spiro atoms. The largest absolute Gasteiger partial charge is 0.391 e. The second-order valence-electron chi connectivity index (χ2n) is 12.2. The number of ether oxygens (including phenoxy) is 1. The normalized spacial score (nSPS) is 31.9. The van der Waals surface area contributed by atoms with Crippen molar-refractivity contribution in [3.05, 3.63) is 64.2 Å². The fourth-order valence-corrected chi connectivity index (χ4v) is 7.80. The van der Waals surface area contributed by atoms with Crippen molar-refractivity contribution in [2.45, 2.75) is 67.9 Å². The van der Waals surface area contributed by atoms with E-state index in [0.717, 1.165) is 6.08 Å². The van der Waals surface area contributed by atoms with E-state index < -0.39 is 83.4 Å². The number of aliphatic hydroxyl groups excluding tert-OH is 1. The van der Waals surface area contributed by atoms with E-state index in [9.17, 15) is 27.9 Å². The number of fused-ring (bicyclic) bond motifs is 3. The number of carbonyl (C=O) groups is 2. The van der Waals surface area contributed by atoms with Gasteiger partial charge in [-0.25, -0.2) is 8.78 Å². The minimum absolute atomic E-state index is 0.0805. The second-order valence-corrected chi connectivity index (χ2v) is 13.1. The number of hydrogen-bond acceptors (Lipinski definition) is 5. The fourth-order valence-electron chi connectivity index (χ4n) is 7.52. The first kappa shape index (κ1) is 32.0. The van der Waals surface area contributed by atoms with Crippen molar-refractivity contribution in [3.63, 3.8) is 0 Å². The van der Waals surface area contributed by atoms with Crippen LogP contribution in [0.15, 0.2) is 53.6 Å². The molecule has 3 heterocycles. The van der Waals surface area contributed by atoms with Gasteiger partial charge in [0.15, 0.2) is 0 Å². The number of rotatable bonds is 8. The molecule has 7 nitrogen and oxygen atoms in total. The highest BCUT2D eigenvalue weighted by atomic mass is 35.5. The van der Waals surface area contributed by atoms with Crippen LogP contribution in [-0.2, 0) is 19.7 Å². The molecule has 1 aromatic rings. The van der Waals surface area contributed by atoms with E-state index in [2.05, 4.69) is 22.5 Å². The molecule has 1 saturated carbocycles. The van der Waals surface area contributed by atoms with Gasteiger partial charge < -0.3 is 20.5 Å². The summed E-state index contributed by atoms with van der Waals surface area (Å²) in [7, 11) is 0. The molecular formula is C30H33Cl2F4N3O4. The van der Waals surface area contributed by atoms with Crippen molar-refractivity contribution in [1.29, 1.82) is 0 Å². The predicted octanol–water partition coefficient (Wildman–Crippen LogP) is 5.08. The van der Waals surface area contributed by atoms with Gasteiger partial charge in [-0.15, -0.1) is 0 Å². The molecule has 6 atom stereocenters. The highest BCUT2D eigenvalue weighted by Gasteiger charge is 2.78. The fraction of sp³-hybridized carbons (Fsp3) is 0.533. The van der Waals surface area contributed by atoms with Gasteiger partial charge in [0.05, 0.1) is 50.2 Å². The highest BCUT2D eigenvalue weighted by molar-refractivity contribution is 6.31. The van der Waals surface area contributed by atoms with E-state index in [1.54, 1.807) is 6.92 Å². The number of hydrogen-bond donors (Lipinski definition) is 4. The number of carbonyl (C=O) groups excluding carboxylic acids is 2. The minimum atomic E-state index is -1.90. The summed E-state index contributed by atoms with van der Waals surface area (Å²) in [5.41, 5.74) is -4.28. The number of anilines is 1. The number of halogens is 6. The molecule has 234 valence electrons. The lowest BCUT2D eigenvalue weighted by molar-refractivity contribution is -0.132. The lowest BCUT2D eigenvalue weighted by Gasteiger charge is -2.58. The Balaban J connectivity index is 1.62. The summed E-state index contributed by atoms with van der Waals surface area (Å²) in [6.45, 7) is 2.99. The smallest absolute Gasteiger partial charge is 0.238 e. The zero-order chi connectivity index (χ0) is 31.3. The van der Waals surface area contributed by atoms with Gasteiger partial charge in [0.25, 0.3) is 0 Å². The van der Waals surface area contributed by atoms with Gasteiger partial charge in [-0.3, -0.25) is 23.7 Å². The van der Waals surface area contributed by atoms with Crippen LogP contribution in [0.5, 0.6) is 0 Å². The zero-order valence-electron chi connectivity index (χ0n) is 23.4. The molecule has 4 aliphatic rings. The molecule has 0 bridgehead atoms. The number of aliphatic hydroxyl groups is 1. The summed E-state index contributed by atoms with van der Waals surface area (Å²) >= 11 is 11.9. The molecule has 0 unspecified atom stereocenters. The van der Waals surface area contributed by atoms with Gasteiger partial charge in [-0.05, 0) is 56.4 Å². The van der Waals surface area contributed by atoms with Crippen molar-refractivity contribution in [3.8, 4) is 0 Å². The first-order valence-corrected chi connectivity index (χ1v) is 14.8. The van der Waals surface area contributed by atoms with E-state index in [1.807, 2.05) is 0 Å². The Kier molecular flexibility index (Phi) is 8.78. The van der Waals surface area contributed by atoms with Crippen molar-refractivity contribution >= 4 is 40.7 Å². The van der Waals surface area contributed by atoms with Gasteiger partial charge in [-0.1, -0.05) is 35.8 Å². The van der Waals surface area contributed by atoms with Crippen LogP contribution in [0.4, 0.5) is 23.2 Å². The molecule has 5 rings (SSSR count). The maximum absolute atomic E-state index is 16.5. The van der Waals surface area contributed by atoms with Gasteiger partial charge in [0.2, 0.25) is 11.8 Å². The highest BCUT2D eigenvalue weighted by Crippen LogP contribution is 2.67. The van der Waals surface area contributed by atoms with Crippen molar-refractivity contribution in [2.75, 3.05) is 25.3 Å². The number of benzene rings is 1. The minimum Gasteiger partial charge on any atom is -0.391 e. The van der Waals surface area contributed by atoms with Crippen molar-refractivity contribution in [2.24, 2.45) is 11.3 Å². The zero-order valence-corrected chi connectivity index (χ0v) is 24.9. The molecular weight excluding hydrogens is 613 g/mol.